The van der Waals surface area contributed by atoms with Crippen LogP contribution >= 0.6 is 0 Å². The van der Waals surface area contributed by atoms with Gasteiger partial charge < -0.3 is 9.47 Å². The van der Waals surface area contributed by atoms with Crippen LogP contribution in [0, 0.1) is 6.92 Å². The summed E-state index contributed by atoms with van der Waals surface area (Å²) in [6.45, 7) is 3.94. The molecule has 0 aliphatic heterocycles. The molecule has 0 aliphatic rings. The van der Waals surface area contributed by atoms with Crippen molar-refractivity contribution in [2.75, 3.05) is 7.11 Å². The van der Waals surface area contributed by atoms with Crippen LogP contribution in [0.4, 0.5) is 0 Å². The largest absolute Gasteiger partial charge is 0.467 e. The zero-order chi connectivity index (χ0) is 15.9. The van der Waals surface area contributed by atoms with Crippen molar-refractivity contribution in [3.63, 3.8) is 0 Å². The van der Waals surface area contributed by atoms with Gasteiger partial charge in [0.05, 0.1) is 12.7 Å². The van der Waals surface area contributed by atoms with E-state index >= 15 is 0 Å². The lowest BCUT2D eigenvalue weighted by Gasteiger charge is -2.06. The Bertz CT molecular complexity index is 639. The Labute approximate surface area is 130 Å². The van der Waals surface area contributed by atoms with E-state index in [2.05, 4.69) is 16.9 Å². The highest BCUT2D eigenvalue weighted by molar-refractivity contribution is 5.90. The van der Waals surface area contributed by atoms with Crippen LogP contribution < -0.4 is 9.47 Å². The van der Waals surface area contributed by atoms with E-state index < -0.39 is 5.97 Å². The molecule has 2 aromatic rings. The van der Waals surface area contributed by atoms with Crippen LogP contribution in [-0.2, 0) is 6.42 Å². The fourth-order valence-electron chi connectivity index (χ4n) is 2.00. The molecule has 0 radical (unpaired) electrons. The minimum atomic E-state index is -0.442. The molecule has 116 valence electrons. The van der Waals surface area contributed by atoms with E-state index in [1.807, 2.05) is 12.1 Å². The van der Waals surface area contributed by atoms with Crippen LogP contribution in [0.1, 0.15) is 41.4 Å². The molecule has 0 aliphatic carbocycles. The monoisotopic (exact) mass is 300 g/mol. The van der Waals surface area contributed by atoms with Crippen molar-refractivity contribution in [2.24, 2.45) is 0 Å². The standard InChI is InChI=1S/C17H20N2O3/c1-4-5-6-13-7-9-14(10-8-13)16(20)22-15-11-12(2)18-17(19-15)21-3/h7-11H,4-6H2,1-3H3. The molecule has 5 nitrogen and oxygen atoms in total. The molecule has 1 aromatic heterocycles. The summed E-state index contributed by atoms with van der Waals surface area (Å²) < 4.78 is 10.2. The highest BCUT2D eigenvalue weighted by atomic mass is 16.5. The molecule has 22 heavy (non-hydrogen) atoms. The van der Waals surface area contributed by atoms with Crippen LogP contribution in [0.15, 0.2) is 30.3 Å². The van der Waals surface area contributed by atoms with Crippen LogP contribution in [0.25, 0.3) is 0 Å². The Kier molecular flexibility index (Phi) is 5.47. The molecule has 0 atom stereocenters. The first kappa shape index (κ1) is 15.9. The summed E-state index contributed by atoms with van der Waals surface area (Å²) in [6.07, 6.45) is 3.32. The number of carbonyl (C=O) groups excluding carboxylic acids is 1. The maximum atomic E-state index is 12.1. The van der Waals surface area contributed by atoms with Crippen molar-refractivity contribution in [1.29, 1.82) is 0 Å². The molecule has 5 heteroatoms. The second-order valence-electron chi connectivity index (χ2n) is 5.02. The summed E-state index contributed by atoms with van der Waals surface area (Å²) in [5.41, 5.74) is 2.39. The van der Waals surface area contributed by atoms with Crippen LogP contribution in [-0.4, -0.2) is 23.0 Å². The summed E-state index contributed by atoms with van der Waals surface area (Å²) in [5, 5.41) is 0. The smallest absolute Gasteiger partial charge is 0.344 e. The lowest BCUT2D eigenvalue weighted by molar-refractivity contribution is 0.0726. The Morgan fingerprint density at radius 2 is 1.91 bits per heavy atom. The molecule has 0 unspecified atom stereocenters. The minimum Gasteiger partial charge on any atom is -0.467 e. The van der Waals surface area contributed by atoms with E-state index in [4.69, 9.17) is 9.47 Å². The topological polar surface area (TPSA) is 61.3 Å². The average molecular weight is 300 g/mol. The summed E-state index contributed by atoms with van der Waals surface area (Å²) in [4.78, 5) is 20.2. The quantitative estimate of drug-likeness (QED) is 0.766. The number of unbranched alkanes of at least 4 members (excludes halogenated alkanes) is 1. The number of carbonyl (C=O) groups is 1. The third-order valence-electron chi connectivity index (χ3n) is 3.20. The molecule has 0 amide bonds. The lowest BCUT2D eigenvalue weighted by Crippen LogP contribution is -2.10. The number of hydrogen-bond acceptors (Lipinski definition) is 5. The SMILES string of the molecule is CCCCc1ccc(C(=O)Oc2cc(C)nc(OC)n2)cc1. The van der Waals surface area contributed by atoms with Gasteiger partial charge in [-0.1, -0.05) is 25.5 Å². The predicted octanol–water partition coefficient (Wildman–Crippen LogP) is 3.36. The second-order valence-corrected chi connectivity index (χ2v) is 5.02. The van der Waals surface area contributed by atoms with E-state index in [1.54, 1.807) is 25.1 Å². The van der Waals surface area contributed by atoms with E-state index in [1.165, 1.54) is 12.7 Å². The number of esters is 1. The minimum absolute atomic E-state index is 0.178. The number of nitrogens with zero attached hydrogens (tertiary/aromatic N) is 2. The van der Waals surface area contributed by atoms with Crippen LogP contribution in [0.5, 0.6) is 11.9 Å². The van der Waals surface area contributed by atoms with Gasteiger partial charge in [-0.15, -0.1) is 0 Å². The van der Waals surface area contributed by atoms with Gasteiger partial charge in [-0.3, -0.25) is 0 Å². The molecule has 0 N–H and O–H groups in total. The predicted molar refractivity (Wildman–Crippen MR) is 83.3 cm³/mol. The summed E-state index contributed by atoms with van der Waals surface area (Å²) in [6, 6.07) is 9.24. The Hall–Kier alpha value is -2.43. The molecule has 1 heterocycles. The van der Waals surface area contributed by atoms with Gasteiger partial charge in [0.2, 0.25) is 5.88 Å². The molecule has 2 rings (SSSR count). The number of methoxy groups -OCH3 is 1. The van der Waals surface area contributed by atoms with Crippen molar-refractivity contribution in [3.8, 4) is 11.9 Å². The molecule has 1 aromatic carbocycles. The molecule has 0 spiro atoms. The van der Waals surface area contributed by atoms with Gasteiger partial charge in [0.15, 0.2) is 0 Å². The average Bonchev–Trinajstić information content (AvgIpc) is 2.52. The van der Waals surface area contributed by atoms with Gasteiger partial charge in [0, 0.05) is 11.8 Å². The highest BCUT2D eigenvalue weighted by Gasteiger charge is 2.11. The summed E-state index contributed by atoms with van der Waals surface area (Å²) in [7, 11) is 1.47. The fraction of sp³-hybridized carbons (Fsp3) is 0.353. The number of rotatable bonds is 6. The van der Waals surface area contributed by atoms with E-state index in [9.17, 15) is 4.79 Å². The van der Waals surface area contributed by atoms with Crippen molar-refractivity contribution < 1.29 is 14.3 Å². The van der Waals surface area contributed by atoms with Gasteiger partial charge in [0.1, 0.15) is 0 Å². The van der Waals surface area contributed by atoms with Gasteiger partial charge in [-0.2, -0.15) is 4.98 Å². The third-order valence-corrected chi connectivity index (χ3v) is 3.20. The highest BCUT2D eigenvalue weighted by Crippen LogP contribution is 2.15. The van der Waals surface area contributed by atoms with Gasteiger partial charge in [-0.25, -0.2) is 9.78 Å². The van der Waals surface area contributed by atoms with Gasteiger partial charge in [0.25, 0.3) is 0 Å². The maximum absolute atomic E-state index is 12.1. The Balaban J connectivity index is 2.07. The first-order valence-corrected chi connectivity index (χ1v) is 7.33. The number of hydrogen-bond donors (Lipinski definition) is 0. The maximum Gasteiger partial charge on any atom is 0.344 e. The number of aromatic nitrogens is 2. The molecular formula is C17H20N2O3. The lowest BCUT2D eigenvalue weighted by atomic mass is 10.1. The normalized spacial score (nSPS) is 10.3. The fourth-order valence-corrected chi connectivity index (χ4v) is 2.00. The third kappa shape index (κ3) is 4.28. The number of ether oxygens (including phenoxy) is 2. The molecule has 0 saturated carbocycles. The Morgan fingerprint density at radius 3 is 2.55 bits per heavy atom. The van der Waals surface area contributed by atoms with E-state index in [0.717, 1.165) is 19.3 Å². The van der Waals surface area contributed by atoms with Crippen molar-refractivity contribution >= 4 is 5.97 Å². The zero-order valence-corrected chi connectivity index (χ0v) is 13.1. The first-order valence-electron chi connectivity index (χ1n) is 7.33. The number of aryl methyl sites for hydroxylation is 2. The van der Waals surface area contributed by atoms with Crippen molar-refractivity contribution in [1.82, 2.24) is 9.97 Å². The molecule has 0 fully saturated rings. The Morgan fingerprint density at radius 1 is 1.18 bits per heavy atom. The van der Waals surface area contributed by atoms with Gasteiger partial charge in [-0.05, 0) is 37.5 Å². The molecule has 0 bridgehead atoms. The zero-order valence-electron chi connectivity index (χ0n) is 13.1. The van der Waals surface area contributed by atoms with Crippen molar-refractivity contribution in [3.05, 3.63) is 47.2 Å². The van der Waals surface area contributed by atoms with E-state index in [-0.39, 0.29) is 11.9 Å². The van der Waals surface area contributed by atoms with Crippen LogP contribution in [0.2, 0.25) is 0 Å². The molecular weight excluding hydrogens is 280 g/mol. The number of benzene rings is 1. The summed E-state index contributed by atoms with van der Waals surface area (Å²) >= 11 is 0. The first-order chi connectivity index (χ1) is 10.6. The molecule has 0 saturated heterocycles. The van der Waals surface area contributed by atoms with E-state index in [0.29, 0.717) is 11.3 Å². The van der Waals surface area contributed by atoms with Gasteiger partial charge >= 0.3 is 12.0 Å². The van der Waals surface area contributed by atoms with Crippen LogP contribution in [0.3, 0.4) is 0 Å². The van der Waals surface area contributed by atoms with Crippen molar-refractivity contribution in [2.45, 2.75) is 33.1 Å². The second kappa shape index (κ2) is 7.54. The summed E-state index contributed by atoms with van der Waals surface area (Å²) in [5.74, 6) is -0.258.